The smallest absolute Gasteiger partial charge is 0.344 e. The topological polar surface area (TPSA) is 77.0 Å². The normalized spacial score (nSPS) is 11.7. The first kappa shape index (κ1) is 23.0. The second-order valence-electron chi connectivity index (χ2n) is 6.39. The Morgan fingerprint density at radius 2 is 1.65 bits per heavy atom. The van der Waals surface area contributed by atoms with Crippen molar-refractivity contribution < 1.29 is 19.1 Å². The van der Waals surface area contributed by atoms with Crippen LogP contribution >= 0.6 is 38.5 Å². The second-order valence-corrected chi connectivity index (χ2v) is 8.46. The van der Waals surface area contributed by atoms with Crippen LogP contribution in [0, 0.1) is 3.57 Å². The van der Waals surface area contributed by atoms with Crippen LogP contribution in [0.1, 0.15) is 22.8 Å². The van der Waals surface area contributed by atoms with Gasteiger partial charge < -0.3 is 9.47 Å². The zero-order chi connectivity index (χ0) is 22.2. The summed E-state index contributed by atoms with van der Waals surface area (Å²) in [5, 5.41) is 3.95. The molecule has 3 rings (SSSR count). The van der Waals surface area contributed by atoms with Crippen molar-refractivity contribution in [2.45, 2.75) is 13.0 Å². The fraction of sp³-hybridized carbons (Fsp3) is 0.0870. The number of hydrogen-bond donors (Lipinski definition) is 1. The van der Waals surface area contributed by atoms with Gasteiger partial charge in [0.05, 0.1) is 11.8 Å². The average Bonchev–Trinajstić information content (AvgIpc) is 2.76. The number of nitrogens with zero attached hydrogens (tertiary/aromatic N) is 1. The van der Waals surface area contributed by atoms with E-state index in [0.717, 1.165) is 13.6 Å². The molecular weight excluding hydrogens is 575 g/mol. The van der Waals surface area contributed by atoms with Gasteiger partial charge in [0, 0.05) is 8.04 Å². The molecule has 0 bridgehead atoms. The van der Waals surface area contributed by atoms with Gasteiger partial charge in [0.1, 0.15) is 11.5 Å². The number of amides is 1. The Balaban J connectivity index is 1.51. The van der Waals surface area contributed by atoms with Crippen LogP contribution in [0.25, 0.3) is 0 Å². The first-order valence-electron chi connectivity index (χ1n) is 9.24. The summed E-state index contributed by atoms with van der Waals surface area (Å²) in [6.07, 6.45) is 0.789. The average molecular weight is 593 g/mol. The molecule has 0 spiro atoms. The number of nitrogens with one attached hydrogen (secondary N) is 1. The maximum absolute atomic E-state index is 12.3. The quantitative estimate of drug-likeness (QED) is 0.135. The third-order valence-corrected chi connectivity index (χ3v) is 5.54. The minimum atomic E-state index is -0.708. The first-order valence-corrected chi connectivity index (χ1v) is 11.1. The van der Waals surface area contributed by atoms with E-state index in [1.165, 1.54) is 6.21 Å². The zero-order valence-corrected chi connectivity index (χ0v) is 20.2. The van der Waals surface area contributed by atoms with Gasteiger partial charge in [-0.15, -0.1) is 0 Å². The van der Waals surface area contributed by atoms with Gasteiger partial charge in [-0.25, -0.2) is 10.2 Å². The summed E-state index contributed by atoms with van der Waals surface area (Å²) in [7, 11) is 0. The molecule has 1 amide bonds. The van der Waals surface area contributed by atoms with Crippen LogP contribution in [-0.4, -0.2) is 24.2 Å². The SMILES string of the molecule is CC(Oc1ccc(Br)cc1)C(=O)N/N=C/c1ccc(OC(=O)c2ccccc2I)cc1. The highest BCUT2D eigenvalue weighted by molar-refractivity contribution is 14.1. The predicted molar refractivity (Wildman–Crippen MR) is 131 cm³/mol. The molecule has 0 aromatic heterocycles. The van der Waals surface area contributed by atoms with E-state index in [1.54, 1.807) is 55.5 Å². The van der Waals surface area contributed by atoms with Crippen molar-refractivity contribution in [1.82, 2.24) is 5.43 Å². The van der Waals surface area contributed by atoms with Crippen molar-refractivity contribution in [3.63, 3.8) is 0 Å². The number of esters is 1. The summed E-state index contributed by atoms with van der Waals surface area (Å²) < 4.78 is 12.7. The lowest BCUT2D eigenvalue weighted by molar-refractivity contribution is -0.127. The summed E-state index contributed by atoms with van der Waals surface area (Å²) in [6.45, 7) is 1.64. The fourth-order valence-electron chi connectivity index (χ4n) is 2.44. The number of halogens is 2. The van der Waals surface area contributed by atoms with Crippen LogP contribution in [0.5, 0.6) is 11.5 Å². The van der Waals surface area contributed by atoms with Gasteiger partial charge in [-0.1, -0.05) is 28.1 Å². The number of hydrazone groups is 1. The van der Waals surface area contributed by atoms with E-state index in [4.69, 9.17) is 9.47 Å². The molecule has 31 heavy (non-hydrogen) atoms. The maximum Gasteiger partial charge on any atom is 0.344 e. The summed E-state index contributed by atoms with van der Waals surface area (Å²) in [5.74, 6) is 0.216. The lowest BCUT2D eigenvalue weighted by Crippen LogP contribution is -2.33. The molecule has 3 aromatic rings. The zero-order valence-electron chi connectivity index (χ0n) is 16.4. The molecule has 0 saturated carbocycles. The Bertz CT molecular complexity index is 1090. The van der Waals surface area contributed by atoms with E-state index in [2.05, 4.69) is 49.0 Å². The molecule has 0 aliphatic carbocycles. The molecule has 0 fully saturated rings. The van der Waals surface area contributed by atoms with Crippen molar-refractivity contribution in [3.05, 3.63) is 92.0 Å². The summed E-state index contributed by atoms with van der Waals surface area (Å²) in [6, 6.07) is 21.2. The van der Waals surface area contributed by atoms with Crippen molar-refractivity contribution in [2.24, 2.45) is 5.10 Å². The lowest BCUT2D eigenvalue weighted by atomic mass is 10.2. The van der Waals surface area contributed by atoms with Gasteiger partial charge in [0.25, 0.3) is 5.91 Å². The Labute approximate surface area is 201 Å². The van der Waals surface area contributed by atoms with Crippen molar-refractivity contribution in [3.8, 4) is 11.5 Å². The van der Waals surface area contributed by atoms with E-state index in [9.17, 15) is 9.59 Å². The molecule has 0 aliphatic heterocycles. The molecule has 158 valence electrons. The Morgan fingerprint density at radius 1 is 1.00 bits per heavy atom. The monoisotopic (exact) mass is 592 g/mol. The van der Waals surface area contributed by atoms with Crippen LogP contribution < -0.4 is 14.9 Å². The van der Waals surface area contributed by atoms with Crippen LogP contribution in [0.2, 0.25) is 0 Å². The van der Waals surface area contributed by atoms with Crippen LogP contribution in [-0.2, 0) is 4.79 Å². The molecule has 1 N–H and O–H groups in total. The summed E-state index contributed by atoms with van der Waals surface area (Å²) >= 11 is 5.44. The molecule has 8 heteroatoms. The van der Waals surface area contributed by atoms with E-state index < -0.39 is 12.1 Å². The minimum Gasteiger partial charge on any atom is -0.481 e. The predicted octanol–water partition coefficient (Wildman–Crippen LogP) is 5.19. The third-order valence-electron chi connectivity index (χ3n) is 4.07. The second kappa shape index (κ2) is 11.1. The maximum atomic E-state index is 12.3. The molecule has 0 saturated heterocycles. The summed E-state index contributed by atoms with van der Waals surface area (Å²) in [5.41, 5.74) is 3.69. The van der Waals surface area contributed by atoms with Gasteiger partial charge in [0.15, 0.2) is 6.10 Å². The minimum absolute atomic E-state index is 0.373. The molecule has 0 aliphatic rings. The third kappa shape index (κ3) is 6.90. The van der Waals surface area contributed by atoms with E-state index >= 15 is 0 Å². The number of hydrogen-bond acceptors (Lipinski definition) is 5. The Hall–Kier alpha value is -2.72. The Kier molecular flexibility index (Phi) is 8.19. The molecular formula is C23H18BrIN2O4. The first-order chi connectivity index (χ1) is 14.9. The molecule has 1 atom stereocenters. The van der Waals surface area contributed by atoms with Gasteiger partial charge >= 0.3 is 5.97 Å². The fourth-order valence-corrected chi connectivity index (χ4v) is 3.31. The number of carbonyl (C=O) groups is 2. The molecule has 1 unspecified atom stereocenters. The van der Waals surface area contributed by atoms with E-state index in [-0.39, 0.29) is 5.91 Å². The highest BCUT2D eigenvalue weighted by atomic mass is 127. The van der Waals surface area contributed by atoms with Gasteiger partial charge in [-0.3, -0.25) is 4.79 Å². The molecule has 0 heterocycles. The molecule has 0 radical (unpaired) electrons. The van der Waals surface area contributed by atoms with E-state index in [0.29, 0.717) is 17.1 Å². The summed E-state index contributed by atoms with van der Waals surface area (Å²) in [4.78, 5) is 24.4. The van der Waals surface area contributed by atoms with Crippen LogP contribution in [0.4, 0.5) is 0 Å². The molecule has 6 nitrogen and oxygen atoms in total. The number of benzene rings is 3. The van der Waals surface area contributed by atoms with Gasteiger partial charge in [-0.05, 0) is 95.7 Å². The lowest BCUT2D eigenvalue weighted by Gasteiger charge is -2.12. The van der Waals surface area contributed by atoms with Crippen molar-refractivity contribution >= 4 is 56.6 Å². The molecule has 3 aromatic carbocycles. The highest BCUT2D eigenvalue weighted by Crippen LogP contribution is 2.18. The van der Waals surface area contributed by atoms with Crippen molar-refractivity contribution in [1.29, 1.82) is 0 Å². The number of ether oxygens (including phenoxy) is 2. The number of carbonyl (C=O) groups excluding carboxylic acids is 2. The highest BCUT2D eigenvalue weighted by Gasteiger charge is 2.14. The van der Waals surface area contributed by atoms with Crippen LogP contribution in [0.15, 0.2) is 82.4 Å². The standard InChI is InChI=1S/C23H18BrIN2O4/c1-15(30-18-12-8-17(24)9-13-18)22(28)27-26-14-16-6-10-19(11-7-16)31-23(29)20-4-2-3-5-21(20)25/h2-15H,1H3,(H,27,28)/b26-14+. The van der Waals surface area contributed by atoms with Gasteiger partial charge in [-0.2, -0.15) is 5.10 Å². The Morgan fingerprint density at radius 3 is 2.32 bits per heavy atom. The van der Waals surface area contributed by atoms with Crippen molar-refractivity contribution in [2.75, 3.05) is 0 Å². The van der Waals surface area contributed by atoms with Gasteiger partial charge in [0.2, 0.25) is 0 Å². The van der Waals surface area contributed by atoms with E-state index in [1.807, 2.05) is 24.3 Å². The van der Waals surface area contributed by atoms with Crippen LogP contribution in [0.3, 0.4) is 0 Å². The number of rotatable bonds is 7. The largest absolute Gasteiger partial charge is 0.481 e.